The van der Waals surface area contributed by atoms with Crippen molar-refractivity contribution < 1.29 is 23.7 Å². The molecular weight excluding hydrogens is 466 g/mol. The van der Waals surface area contributed by atoms with Gasteiger partial charge in [-0.2, -0.15) is 0 Å². The number of rotatable bonds is 8. The maximum absolute atomic E-state index is 13.5. The summed E-state index contributed by atoms with van der Waals surface area (Å²) in [5, 5.41) is 3.39. The van der Waals surface area contributed by atoms with Crippen molar-refractivity contribution in [3.05, 3.63) is 65.7 Å². The molecule has 0 aliphatic carbocycles. The molecular formula is C26H25N3O5S. The first-order chi connectivity index (χ1) is 16.9. The summed E-state index contributed by atoms with van der Waals surface area (Å²) in [6, 6.07) is 16.2. The fourth-order valence-corrected chi connectivity index (χ4v) is 4.47. The van der Waals surface area contributed by atoms with Crippen LogP contribution in [-0.4, -0.2) is 39.3 Å². The van der Waals surface area contributed by atoms with Gasteiger partial charge in [-0.15, -0.1) is 0 Å². The summed E-state index contributed by atoms with van der Waals surface area (Å²) in [6.07, 6.45) is 1.76. The first kappa shape index (κ1) is 23.9. The molecule has 35 heavy (non-hydrogen) atoms. The molecule has 0 spiro atoms. The number of anilines is 2. The molecule has 0 aliphatic heterocycles. The average Bonchev–Trinajstić information content (AvgIpc) is 3.27. The highest BCUT2D eigenvalue weighted by Crippen LogP contribution is 2.39. The molecule has 0 bridgehead atoms. The third-order valence-electron chi connectivity index (χ3n) is 5.28. The smallest absolute Gasteiger partial charge is 0.258 e. The van der Waals surface area contributed by atoms with Gasteiger partial charge in [0, 0.05) is 11.3 Å². The number of nitrogens with one attached hydrogen (secondary N) is 1. The van der Waals surface area contributed by atoms with Gasteiger partial charge in [0.05, 0.1) is 38.7 Å². The Labute approximate surface area is 206 Å². The summed E-state index contributed by atoms with van der Waals surface area (Å²) < 4.78 is 22.5. The van der Waals surface area contributed by atoms with E-state index in [9.17, 15) is 4.79 Å². The van der Waals surface area contributed by atoms with E-state index in [1.54, 1.807) is 57.7 Å². The van der Waals surface area contributed by atoms with Crippen LogP contribution < -0.4 is 30.0 Å². The lowest BCUT2D eigenvalue weighted by Gasteiger charge is -2.14. The van der Waals surface area contributed by atoms with Crippen molar-refractivity contribution in [2.45, 2.75) is 0 Å². The molecule has 0 saturated carbocycles. The number of fused-ring (bicyclic) bond motifs is 1. The third-order valence-corrected chi connectivity index (χ3v) is 6.21. The van der Waals surface area contributed by atoms with Gasteiger partial charge in [0.1, 0.15) is 5.75 Å². The van der Waals surface area contributed by atoms with E-state index in [-0.39, 0.29) is 5.91 Å². The number of amides is 1. The minimum absolute atomic E-state index is 0.323. The lowest BCUT2D eigenvalue weighted by Crippen LogP contribution is -2.13. The van der Waals surface area contributed by atoms with Crippen LogP contribution in [0.1, 0.15) is 11.1 Å². The van der Waals surface area contributed by atoms with Gasteiger partial charge in [0.2, 0.25) is 5.75 Å². The molecule has 0 radical (unpaired) electrons. The van der Waals surface area contributed by atoms with Crippen LogP contribution in [-0.2, 0) is 4.79 Å². The Hall–Kier alpha value is -4.24. The molecule has 8 nitrogen and oxygen atoms in total. The average molecular weight is 492 g/mol. The largest absolute Gasteiger partial charge is 0.497 e. The van der Waals surface area contributed by atoms with E-state index in [0.29, 0.717) is 50.5 Å². The van der Waals surface area contributed by atoms with Crippen molar-refractivity contribution in [1.82, 2.24) is 4.98 Å². The number of nitrogen functional groups attached to an aromatic ring is 1. The zero-order valence-electron chi connectivity index (χ0n) is 19.7. The van der Waals surface area contributed by atoms with Gasteiger partial charge in [-0.25, -0.2) is 4.98 Å². The maximum atomic E-state index is 13.5. The number of methoxy groups -OCH3 is 4. The van der Waals surface area contributed by atoms with Gasteiger partial charge in [-0.1, -0.05) is 23.5 Å². The number of benzene rings is 3. The van der Waals surface area contributed by atoms with Crippen LogP contribution in [0, 0.1) is 0 Å². The molecule has 3 N–H and O–H groups in total. The fourth-order valence-electron chi connectivity index (χ4n) is 3.56. The number of hydrogen-bond acceptors (Lipinski definition) is 8. The summed E-state index contributed by atoms with van der Waals surface area (Å²) in [6.45, 7) is 0. The van der Waals surface area contributed by atoms with Crippen LogP contribution in [0.4, 0.5) is 10.8 Å². The van der Waals surface area contributed by atoms with Crippen LogP contribution in [0.3, 0.4) is 0 Å². The van der Waals surface area contributed by atoms with Gasteiger partial charge in [0.25, 0.3) is 5.91 Å². The molecule has 0 aliphatic rings. The van der Waals surface area contributed by atoms with Crippen molar-refractivity contribution in [3.63, 3.8) is 0 Å². The van der Waals surface area contributed by atoms with Gasteiger partial charge >= 0.3 is 0 Å². The van der Waals surface area contributed by atoms with Crippen molar-refractivity contribution in [3.8, 4) is 23.0 Å². The Morgan fingerprint density at radius 2 is 1.60 bits per heavy atom. The second-order valence-corrected chi connectivity index (χ2v) is 8.48. The molecule has 0 fully saturated rings. The highest BCUT2D eigenvalue weighted by atomic mass is 32.1. The van der Waals surface area contributed by atoms with Crippen LogP contribution in [0.5, 0.6) is 23.0 Å². The number of aromatic nitrogens is 1. The molecule has 1 heterocycles. The van der Waals surface area contributed by atoms with E-state index in [2.05, 4.69) is 10.3 Å². The highest BCUT2D eigenvalue weighted by molar-refractivity contribution is 7.22. The predicted molar refractivity (Wildman–Crippen MR) is 140 cm³/mol. The van der Waals surface area contributed by atoms with E-state index < -0.39 is 0 Å². The number of carbonyl (C=O) groups excluding carboxylic acids is 1. The summed E-state index contributed by atoms with van der Waals surface area (Å²) >= 11 is 1.36. The third kappa shape index (κ3) is 5.15. The Kier molecular flexibility index (Phi) is 7.07. The van der Waals surface area contributed by atoms with Crippen molar-refractivity contribution in [2.24, 2.45) is 0 Å². The maximum Gasteiger partial charge on any atom is 0.258 e. The summed E-state index contributed by atoms with van der Waals surface area (Å²) in [5.41, 5.74) is 9.09. The lowest BCUT2D eigenvalue weighted by molar-refractivity contribution is -0.111. The molecule has 0 atom stereocenters. The molecule has 4 rings (SSSR count). The SMILES string of the molecule is COc1ccc(/C(=C\c2cc(OC)c(OC)c(OC)c2)C(=O)Nc2nc3ccc(N)cc3s2)cc1. The van der Waals surface area contributed by atoms with Crippen molar-refractivity contribution in [2.75, 3.05) is 39.5 Å². The van der Waals surface area contributed by atoms with E-state index in [4.69, 9.17) is 24.7 Å². The van der Waals surface area contributed by atoms with Gasteiger partial charge in [-0.05, 0) is 59.7 Å². The molecule has 3 aromatic carbocycles. The van der Waals surface area contributed by atoms with Crippen LogP contribution >= 0.6 is 11.3 Å². The number of carbonyl (C=O) groups is 1. The molecule has 9 heteroatoms. The Bertz CT molecular complexity index is 1370. The van der Waals surface area contributed by atoms with E-state index >= 15 is 0 Å². The van der Waals surface area contributed by atoms with Crippen molar-refractivity contribution >= 4 is 49.9 Å². The summed E-state index contributed by atoms with van der Waals surface area (Å²) in [7, 11) is 6.22. The lowest BCUT2D eigenvalue weighted by atomic mass is 10.0. The number of nitrogens with zero attached hydrogens (tertiary/aromatic N) is 1. The minimum Gasteiger partial charge on any atom is -0.497 e. The first-order valence-electron chi connectivity index (χ1n) is 10.6. The number of hydrogen-bond donors (Lipinski definition) is 2. The second kappa shape index (κ2) is 10.4. The zero-order chi connectivity index (χ0) is 24.9. The Morgan fingerprint density at radius 3 is 2.20 bits per heavy atom. The highest BCUT2D eigenvalue weighted by Gasteiger charge is 2.18. The van der Waals surface area contributed by atoms with Gasteiger partial charge in [-0.3, -0.25) is 10.1 Å². The number of thiazole rings is 1. The van der Waals surface area contributed by atoms with Crippen LogP contribution in [0.15, 0.2) is 54.6 Å². The summed E-state index contributed by atoms with van der Waals surface area (Å²) in [4.78, 5) is 18.0. The molecule has 1 amide bonds. The van der Waals surface area contributed by atoms with Crippen molar-refractivity contribution in [1.29, 1.82) is 0 Å². The Morgan fingerprint density at radius 1 is 0.914 bits per heavy atom. The Balaban J connectivity index is 1.77. The fraction of sp³-hybridized carbons (Fsp3) is 0.154. The first-order valence-corrected chi connectivity index (χ1v) is 11.4. The van der Waals surface area contributed by atoms with Gasteiger partial charge in [0.15, 0.2) is 16.6 Å². The number of ether oxygens (including phenoxy) is 4. The standard InChI is InChI=1S/C26H25N3O5S/c1-31-18-8-5-16(6-9-18)19(11-15-12-21(32-2)24(34-4)22(13-15)33-3)25(30)29-26-28-20-10-7-17(27)14-23(20)35-26/h5-14H,27H2,1-4H3,(H,28,29,30)/b19-11+. The second-order valence-electron chi connectivity index (χ2n) is 7.45. The topological polar surface area (TPSA) is 105 Å². The molecule has 0 saturated heterocycles. The minimum atomic E-state index is -0.323. The molecule has 4 aromatic rings. The molecule has 180 valence electrons. The van der Waals surface area contributed by atoms with Gasteiger partial charge < -0.3 is 24.7 Å². The van der Waals surface area contributed by atoms with E-state index in [1.165, 1.54) is 18.4 Å². The summed E-state index contributed by atoms with van der Waals surface area (Å²) in [5.74, 6) is 1.80. The molecule has 1 aromatic heterocycles. The molecule has 0 unspecified atom stereocenters. The predicted octanol–water partition coefficient (Wildman–Crippen LogP) is 5.09. The zero-order valence-corrected chi connectivity index (χ0v) is 20.6. The van der Waals surface area contributed by atoms with Crippen LogP contribution in [0.2, 0.25) is 0 Å². The van der Waals surface area contributed by atoms with E-state index in [0.717, 1.165) is 10.2 Å². The quantitative estimate of drug-likeness (QED) is 0.201. The normalized spacial score (nSPS) is 11.3. The van der Waals surface area contributed by atoms with Crippen LogP contribution in [0.25, 0.3) is 21.9 Å². The monoisotopic (exact) mass is 491 g/mol. The van der Waals surface area contributed by atoms with E-state index in [1.807, 2.05) is 24.3 Å². The number of nitrogens with two attached hydrogens (primary N) is 1.